The Morgan fingerprint density at radius 1 is 1.31 bits per heavy atom. The van der Waals surface area contributed by atoms with E-state index < -0.39 is 5.97 Å². The van der Waals surface area contributed by atoms with Gasteiger partial charge in [-0.3, -0.25) is 14.5 Å². The summed E-state index contributed by atoms with van der Waals surface area (Å²) in [6.45, 7) is 5.84. The van der Waals surface area contributed by atoms with Crippen molar-refractivity contribution in [2.24, 2.45) is 0 Å². The first-order valence-corrected chi connectivity index (χ1v) is 9.63. The second-order valence-corrected chi connectivity index (χ2v) is 6.88. The van der Waals surface area contributed by atoms with Crippen molar-refractivity contribution in [3.05, 3.63) is 46.5 Å². The van der Waals surface area contributed by atoms with E-state index >= 15 is 0 Å². The molecule has 1 heterocycles. The molecule has 0 aliphatic carbocycles. The van der Waals surface area contributed by atoms with Gasteiger partial charge in [0.05, 0.1) is 29.5 Å². The van der Waals surface area contributed by atoms with Crippen LogP contribution in [0.3, 0.4) is 0 Å². The molecule has 1 aromatic carbocycles. The minimum atomic E-state index is -0.514. The smallest absolute Gasteiger partial charge is 0.333 e. The van der Waals surface area contributed by atoms with Crippen molar-refractivity contribution in [2.45, 2.75) is 33.2 Å². The lowest BCUT2D eigenvalue weighted by Crippen LogP contribution is -2.38. The lowest BCUT2D eigenvalue weighted by atomic mass is 10.1. The second kappa shape index (κ2) is 9.43. The summed E-state index contributed by atoms with van der Waals surface area (Å²) >= 11 is 1.23. The highest BCUT2D eigenvalue weighted by Crippen LogP contribution is 2.28. The number of carbonyl (C=O) groups is 3. The molecule has 1 aliphatic rings. The molecule has 0 spiro atoms. The summed E-state index contributed by atoms with van der Waals surface area (Å²) in [5.74, 6) is -0.769. The van der Waals surface area contributed by atoms with Crippen LogP contribution in [-0.2, 0) is 25.5 Å². The van der Waals surface area contributed by atoms with Crippen molar-refractivity contribution >= 4 is 29.5 Å². The van der Waals surface area contributed by atoms with Crippen LogP contribution in [0.25, 0.3) is 0 Å². The average Bonchev–Trinajstić information content (AvgIpc) is 2.95. The van der Waals surface area contributed by atoms with Crippen LogP contribution in [-0.4, -0.2) is 41.6 Å². The molecular formula is C19H24N2O4S. The van der Waals surface area contributed by atoms with Crippen LogP contribution >= 0.6 is 11.8 Å². The molecule has 1 N–H and O–H groups in total. The largest absolute Gasteiger partial charge is 0.463 e. The van der Waals surface area contributed by atoms with Crippen LogP contribution in [0.2, 0.25) is 0 Å². The van der Waals surface area contributed by atoms with E-state index in [1.54, 1.807) is 6.92 Å². The van der Waals surface area contributed by atoms with E-state index in [4.69, 9.17) is 4.74 Å². The number of amides is 2. The maximum atomic E-state index is 12.4. The Morgan fingerprint density at radius 3 is 2.62 bits per heavy atom. The summed E-state index contributed by atoms with van der Waals surface area (Å²) in [7, 11) is 0. The minimum absolute atomic E-state index is 0.117. The molecule has 26 heavy (non-hydrogen) atoms. The lowest BCUT2D eigenvalue weighted by Gasteiger charge is -2.19. The molecular weight excluding hydrogens is 352 g/mol. The van der Waals surface area contributed by atoms with Gasteiger partial charge >= 0.3 is 5.97 Å². The number of ether oxygens (including phenoxy) is 1. The van der Waals surface area contributed by atoms with Crippen molar-refractivity contribution < 1.29 is 19.1 Å². The number of hydrogen-bond donors (Lipinski definition) is 1. The summed E-state index contributed by atoms with van der Waals surface area (Å²) in [6, 6.07) is 7.90. The molecule has 140 valence electrons. The van der Waals surface area contributed by atoms with E-state index in [1.807, 2.05) is 31.2 Å². The molecule has 6 nitrogen and oxygen atoms in total. The number of benzene rings is 1. The summed E-state index contributed by atoms with van der Waals surface area (Å²) in [5.41, 5.74) is 2.24. The molecule has 1 aromatic rings. The Hall–Kier alpha value is -2.28. The summed E-state index contributed by atoms with van der Waals surface area (Å²) in [6.07, 6.45) is 2.23. The summed E-state index contributed by atoms with van der Waals surface area (Å²) in [4.78, 5) is 37.3. The van der Waals surface area contributed by atoms with Gasteiger partial charge in [-0.1, -0.05) is 43.0 Å². The highest BCUT2D eigenvalue weighted by Gasteiger charge is 2.29. The van der Waals surface area contributed by atoms with Crippen molar-refractivity contribution in [1.29, 1.82) is 0 Å². The third-order valence-corrected chi connectivity index (χ3v) is 5.03. The maximum absolute atomic E-state index is 12.4. The van der Waals surface area contributed by atoms with Crippen LogP contribution in [0.4, 0.5) is 0 Å². The number of hydrogen-bond acceptors (Lipinski definition) is 5. The maximum Gasteiger partial charge on any atom is 0.333 e. The molecule has 0 radical (unpaired) electrons. The molecule has 0 aromatic heterocycles. The Morgan fingerprint density at radius 2 is 2.00 bits per heavy atom. The highest BCUT2D eigenvalue weighted by molar-refractivity contribution is 8.04. The van der Waals surface area contributed by atoms with Gasteiger partial charge in [-0.15, -0.1) is 0 Å². The van der Waals surface area contributed by atoms with Crippen molar-refractivity contribution in [3.8, 4) is 0 Å². The summed E-state index contributed by atoms with van der Waals surface area (Å²) < 4.78 is 4.87. The molecule has 7 heteroatoms. The van der Waals surface area contributed by atoms with Crippen LogP contribution < -0.4 is 5.32 Å². The molecule has 0 saturated carbocycles. The van der Waals surface area contributed by atoms with Crippen LogP contribution in [0, 0.1) is 0 Å². The van der Waals surface area contributed by atoms with Gasteiger partial charge in [-0.25, -0.2) is 4.79 Å². The SMILES string of the molecule is CCOC(=O)/C=C1\SCC(=O)N1CC(=O)NC(C)c1ccc(CC)cc1. The van der Waals surface area contributed by atoms with E-state index in [2.05, 4.69) is 12.2 Å². The monoisotopic (exact) mass is 376 g/mol. The van der Waals surface area contributed by atoms with Crippen molar-refractivity contribution in [2.75, 3.05) is 18.9 Å². The number of carbonyl (C=O) groups excluding carboxylic acids is 3. The van der Waals surface area contributed by atoms with Crippen LogP contribution in [0.1, 0.15) is 37.9 Å². The number of aryl methyl sites for hydroxylation is 1. The fourth-order valence-electron chi connectivity index (χ4n) is 2.54. The Kier molecular flexibility index (Phi) is 7.26. The second-order valence-electron chi connectivity index (χ2n) is 5.89. The fourth-order valence-corrected chi connectivity index (χ4v) is 3.47. The van der Waals surface area contributed by atoms with Crippen molar-refractivity contribution in [1.82, 2.24) is 10.2 Å². The first kappa shape index (κ1) is 20.0. The highest BCUT2D eigenvalue weighted by atomic mass is 32.2. The molecule has 1 saturated heterocycles. The molecule has 1 unspecified atom stereocenters. The van der Waals surface area contributed by atoms with E-state index in [0.29, 0.717) is 5.03 Å². The molecule has 1 aliphatic heterocycles. The number of esters is 1. The quantitative estimate of drug-likeness (QED) is 0.584. The number of thioether (sulfide) groups is 1. The van der Waals surface area contributed by atoms with Gasteiger partial charge in [0.15, 0.2) is 0 Å². The van der Waals surface area contributed by atoms with E-state index in [-0.39, 0.29) is 36.8 Å². The third-order valence-electron chi connectivity index (χ3n) is 4.01. The van der Waals surface area contributed by atoms with Gasteiger partial charge in [-0.05, 0) is 31.4 Å². The zero-order chi connectivity index (χ0) is 19.1. The molecule has 1 fully saturated rings. The average molecular weight is 376 g/mol. The molecule has 2 amide bonds. The van der Waals surface area contributed by atoms with E-state index in [9.17, 15) is 14.4 Å². The predicted octanol–water partition coefficient (Wildman–Crippen LogP) is 2.41. The van der Waals surface area contributed by atoms with Gasteiger partial charge in [0.1, 0.15) is 6.54 Å². The van der Waals surface area contributed by atoms with Gasteiger partial charge in [0, 0.05) is 0 Å². The Labute approximate surface area is 158 Å². The topological polar surface area (TPSA) is 75.7 Å². The Balaban J connectivity index is 1.98. The predicted molar refractivity (Wildman–Crippen MR) is 101 cm³/mol. The number of nitrogens with one attached hydrogen (secondary N) is 1. The van der Waals surface area contributed by atoms with Gasteiger partial charge in [0.2, 0.25) is 11.8 Å². The lowest BCUT2D eigenvalue weighted by molar-refractivity contribution is -0.137. The molecule has 0 bridgehead atoms. The van der Waals surface area contributed by atoms with E-state index in [1.165, 1.54) is 28.3 Å². The van der Waals surface area contributed by atoms with Crippen LogP contribution in [0.15, 0.2) is 35.4 Å². The van der Waals surface area contributed by atoms with Gasteiger partial charge in [0.25, 0.3) is 0 Å². The first-order chi connectivity index (χ1) is 12.4. The standard InChI is InChI=1S/C19H24N2O4S/c1-4-14-6-8-15(9-7-14)13(3)20-16(22)11-21-17(23)12-26-18(21)10-19(24)25-5-2/h6-10,13H,4-5,11-12H2,1-3H3,(H,20,22)/b18-10-. The van der Waals surface area contributed by atoms with E-state index in [0.717, 1.165) is 12.0 Å². The minimum Gasteiger partial charge on any atom is -0.463 e. The third kappa shape index (κ3) is 5.36. The van der Waals surface area contributed by atoms with Crippen molar-refractivity contribution in [3.63, 3.8) is 0 Å². The number of nitrogens with zero attached hydrogens (tertiary/aromatic N) is 1. The zero-order valence-electron chi connectivity index (χ0n) is 15.3. The normalized spacial score (nSPS) is 16.7. The Bertz CT molecular complexity index is 700. The zero-order valence-corrected chi connectivity index (χ0v) is 16.1. The summed E-state index contributed by atoms with van der Waals surface area (Å²) in [5, 5.41) is 3.34. The van der Waals surface area contributed by atoms with Crippen LogP contribution in [0.5, 0.6) is 0 Å². The fraction of sp³-hybridized carbons (Fsp3) is 0.421. The first-order valence-electron chi connectivity index (χ1n) is 8.64. The van der Waals surface area contributed by atoms with Gasteiger partial charge in [-0.2, -0.15) is 0 Å². The van der Waals surface area contributed by atoms with Gasteiger partial charge < -0.3 is 10.1 Å². The number of rotatable bonds is 7. The molecule has 2 rings (SSSR count). The molecule has 1 atom stereocenters.